The Morgan fingerprint density at radius 3 is 2.71 bits per heavy atom. The van der Waals surface area contributed by atoms with Crippen LogP contribution in [-0.4, -0.2) is 23.2 Å². The van der Waals surface area contributed by atoms with E-state index in [-0.39, 0.29) is 6.54 Å². The van der Waals surface area contributed by atoms with Gasteiger partial charge in [0.25, 0.3) is 0 Å². The van der Waals surface area contributed by atoms with Crippen LogP contribution in [0.15, 0.2) is 24.4 Å². The molecule has 0 radical (unpaired) electrons. The molecule has 0 aliphatic carbocycles. The number of carbonyl (C=O) groups is 1. The molecule has 0 bridgehead atoms. The summed E-state index contributed by atoms with van der Waals surface area (Å²) in [5.41, 5.74) is -0.557. The zero-order chi connectivity index (χ0) is 12.9. The average molecular weight is 232 g/mol. The topological polar surface area (TPSA) is 42.4 Å². The van der Waals surface area contributed by atoms with E-state index in [1.165, 1.54) is 4.90 Å². The Morgan fingerprint density at radius 2 is 2.24 bits per heavy atom. The number of ether oxygens (including phenoxy) is 1. The van der Waals surface area contributed by atoms with Gasteiger partial charge < -0.3 is 4.74 Å². The van der Waals surface area contributed by atoms with E-state index in [9.17, 15) is 4.79 Å². The van der Waals surface area contributed by atoms with Crippen LogP contribution in [0, 0.1) is 12.3 Å². The van der Waals surface area contributed by atoms with Gasteiger partial charge in [0.15, 0.2) is 0 Å². The third-order valence-electron chi connectivity index (χ3n) is 1.79. The summed E-state index contributed by atoms with van der Waals surface area (Å²) in [6, 6.07) is 5.27. The third kappa shape index (κ3) is 4.15. The number of aromatic nitrogens is 1. The molecule has 1 heterocycles. The Kier molecular flexibility index (Phi) is 4.11. The number of amides is 1. The lowest BCUT2D eigenvalue weighted by molar-refractivity contribution is 0.0584. The largest absolute Gasteiger partial charge is 0.443 e. The highest BCUT2D eigenvalue weighted by Crippen LogP contribution is 2.15. The standard InChI is InChI=1S/C13H16N2O2/c1-5-10-15(11-8-6-7-9-14-11)12(16)17-13(2,3)4/h1,6-9H,10H2,2-4H3. The van der Waals surface area contributed by atoms with Crippen molar-refractivity contribution < 1.29 is 9.53 Å². The molecule has 1 amide bonds. The van der Waals surface area contributed by atoms with Crippen molar-refractivity contribution in [2.75, 3.05) is 11.4 Å². The average Bonchev–Trinajstić information content (AvgIpc) is 2.24. The minimum atomic E-state index is -0.557. The summed E-state index contributed by atoms with van der Waals surface area (Å²) in [6.45, 7) is 5.54. The van der Waals surface area contributed by atoms with Gasteiger partial charge in [-0.3, -0.25) is 0 Å². The number of pyridine rings is 1. The SMILES string of the molecule is C#CCN(C(=O)OC(C)(C)C)c1ccccn1. The lowest BCUT2D eigenvalue weighted by Gasteiger charge is -2.25. The van der Waals surface area contributed by atoms with Crippen LogP contribution >= 0.6 is 0 Å². The molecule has 0 atom stereocenters. The molecule has 4 heteroatoms. The second-order valence-electron chi connectivity index (χ2n) is 4.46. The Bertz CT molecular complexity index is 415. The number of hydrogen-bond donors (Lipinski definition) is 0. The predicted octanol–water partition coefficient (Wildman–Crippen LogP) is 2.46. The Morgan fingerprint density at radius 1 is 1.53 bits per heavy atom. The molecule has 0 aliphatic rings. The van der Waals surface area contributed by atoms with Gasteiger partial charge in [-0.1, -0.05) is 12.0 Å². The molecule has 0 saturated carbocycles. The van der Waals surface area contributed by atoms with Crippen LogP contribution in [0.1, 0.15) is 20.8 Å². The maximum absolute atomic E-state index is 11.9. The van der Waals surface area contributed by atoms with Gasteiger partial charge in [-0.2, -0.15) is 0 Å². The van der Waals surface area contributed by atoms with Crippen LogP contribution in [0.2, 0.25) is 0 Å². The van der Waals surface area contributed by atoms with Crippen molar-refractivity contribution in [2.45, 2.75) is 26.4 Å². The zero-order valence-corrected chi connectivity index (χ0v) is 10.3. The molecule has 0 saturated heterocycles. The molecular weight excluding hydrogens is 216 g/mol. The molecule has 0 aliphatic heterocycles. The summed E-state index contributed by atoms with van der Waals surface area (Å²) >= 11 is 0. The number of rotatable bonds is 2. The molecule has 0 fully saturated rings. The first-order valence-corrected chi connectivity index (χ1v) is 5.29. The van der Waals surface area contributed by atoms with Crippen molar-refractivity contribution in [1.29, 1.82) is 0 Å². The van der Waals surface area contributed by atoms with Crippen LogP contribution in [0.25, 0.3) is 0 Å². The molecule has 0 N–H and O–H groups in total. The quantitative estimate of drug-likeness (QED) is 0.735. The third-order valence-corrected chi connectivity index (χ3v) is 1.79. The fourth-order valence-electron chi connectivity index (χ4n) is 1.16. The maximum Gasteiger partial charge on any atom is 0.416 e. The highest BCUT2D eigenvalue weighted by Gasteiger charge is 2.23. The minimum Gasteiger partial charge on any atom is -0.443 e. The van der Waals surface area contributed by atoms with Crippen molar-refractivity contribution in [2.24, 2.45) is 0 Å². The molecule has 0 aromatic carbocycles. The van der Waals surface area contributed by atoms with Crippen molar-refractivity contribution in [3.63, 3.8) is 0 Å². The summed E-state index contributed by atoms with van der Waals surface area (Å²) in [5, 5.41) is 0. The van der Waals surface area contributed by atoms with Gasteiger partial charge in [-0.15, -0.1) is 6.42 Å². The van der Waals surface area contributed by atoms with Crippen LogP contribution in [-0.2, 0) is 4.74 Å². The Balaban J connectivity index is 2.88. The molecule has 1 aromatic rings. The fraction of sp³-hybridized carbons (Fsp3) is 0.385. The molecule has 4 nitrogen and oxygen atoms in total. The van der Waals surface area contributed by atoms with Crippen molar-refractivity contribution in [3.05, 3.63) is 24.4 Å². The zero-order valence-electron chi connectivity index (χ0n) is 10.3. The van der Waals surface area contributed by atoms with Gasteiger partial charge in [0.1, 0.15) is 11.4 Å². The highest BCUT2D eigenvalue weighted by molar-refractivity contribution is 5.87. The predicted molar refractivity (Wildman–Crippen MR) is 66.7 cm³/mol. The number of carbonyl (C=O) groups excluding carboxylic acids is 1. The summed E-state index contributed by atoms with van der Waals surface area (Å²) in [5.74, 6) is 2.90. The van der Waals surface area contributed by atoms with Gasteiger partial charge in [-0.25, -0.2) is 14.7 Å². The van der Waals surface area contributed by atoms with Gasteiger partial charge in [0.2, 0.25) is 0 Å². The van der Waals surface area contributed by atoms with Crippen molar-refractivity contribution in [1.82, 2.24) is 4.98 Å². The van der Waals surface area contributed by atoms with Crippen LogP contribution in [0.4, 0.5) is 10.6 Å². The van der Waals surface area contributed by atoms with E-state index in [4.69, 9.17) is 11.2 Å². The maximum atomic E-state index is 11.9. The second kappa shape index (κ2) is 5.35. The van der Waals surface area contributed by atoms with Crippen molar-refractivity contribution in [3.8, 4) is 12.3 Å². The Hall–Kier alpha value is -2.02. The summed E-state index contributed by atoms with van der Waals surface area (Å²) in [7, 11) is 0. The number of nitrogens with zero attached hydrogens (tertiary/aromatic N) is 2. The van der Waals surface area contributed by atoms with E-state index < -0.39 is 11.7 Å². The van der Waals surface area contributed by atoms with E-state index >= 15 is 0 Å². The normalized spacial score (nSPS) is 10.5. The van der Waals surface area contributed by atoms with E-state index in [0.29, 0.717) is 5.82 Å². The molecular formula is C13H16N2O2. The van der Waals surface area contributed by atoms with E-state index in [1.54, 1.807) is 45.2 Å². The highest BCUT2D eigenvalue weighted by atomic mass is 16.6. The van der Waals surface area contributed by atoms with Gasteiger partial charge >= 0.3 is 6.09 Å². The fourth-order valence-corrected chi connectivity index (χ4v) is 1.16. The summed E-state index contributed by atoms with van der Waals surface area (Å²) in [4.78, 5) is 17.3. The number of terminal acetylenes is 1. The molecule has 17 heavy (non-hydrogen) atoms. The monoisotopic (exact) mass is 232 g/mol. The van der Waals surface area contributed by atoms with Crippen LogP contribution in [0.3, 0.4) is 0 Å². The first-order valence-electron chi connectivity index (χ1n) is 5.29. The second-order valence-corrected chi connectivity index (χ2v) is 4.46. The molecule has 90 valence electrons. The molecule has 1 rings (SSSR count). The lowest BCUT2D eigenvalue weighted by atomic mass is 10.2. The summed E-state index contributed by atoms with van der Waals surface area (Å²) in [6.07, 6.45) is 6.35. The van der Waals surface area contributed by atoms with Crippen LogP contribution < -0.4 is 4.90 Å². The van der Waals surface area contributed by atoms with E-state index in [2.05, 4.69) is 10.9 Å². The number of anilines is 1. The molecule has 1 aromatic heterocycles. The molecule has 0 unspecified atom stereocenters. The van der Waals surface area contributed by atoms with Crippen molar-refractivity contribution >= 4 is 11.9 Å². The minimum absolute atomic E-state index is 0.131. The first-order chi connectivity index (χ1) is 7.94. The summed E-state index contributed by atoms with van der Waals surface area (Å²) < 4.78 is 5.26. The smallest absolute Gasteiger partial charge is 0.416 e. The van der Waals surface area contributed by atoms with E-state index in [1.807, 2.05) is 0 Å². The first kappa shape index (κ1) is 13.0. The Labute approximate surface area is 102 Å². The number of hydrogen-bond acceptors (Lipinski definition) is 3. The molecule has 0 spiro atoms. The van der Waals surface area contributed by atoms with Crippen LogP contribution in [0.5, 0.6) is 0 Å². The van der Waals surface area contributed by atoms with Gasteiger partial charge in [0.05, 0.1) is 6.54 Å². The van der Waals surface area contributed by atoms with Gasteiger partial charge in [-0.05, 0) is 32.9 Å². The lowest BCUT2D eigenvalue weighted by Crippen LogP contribution is -2.37. The van der Waals surface area contributed by atoms with Gasteiger partial charge in [0, 0.05) is 6.20 Å². The van der Waals surface area contributed by atoms with E-state index in [0.717, 1.165) is 0 Å².